The van der Waals surface area contributed by atoms with E-state index < -0.39 is 5.97 Å². The molecule has 0 saturated heterocycles. The number of nitrogens with zero attached hydrogens (tertiary/aromatic N) is 3. The van der Waals surface area contributed by atoms with E-state index in [0.717, 1.165) is 11.1 Å². The molecule has 1 aliphatic carbocycles. The monoisotopic (exact) mass is 555 g/mol. The Morgan fingerprint density at radius 2 is 1.85 bits per heavy atom. The minimum absolute atomic E-state index is 0.0467. The number of aromatic carboxylic acids is 1. The largest absolute Gasteiger partial charge is 0.478 e. The maximum atomic E-state index is 12.7. The Kier molecular flexibility index (Phi) is 6.46. The molecule has 0 bridgehead atoms. The summed E-state index contributed by atoms with van der Waals surface area (Å²) in [4.78, 5) is 23.8. The highest BCUT2D eigenvalue weighted by atomic mass is 79.9. The van der Waals surface area contributed by atoms with Crippen molar-refractivity contribution >= 4 is 61.8 Å². The number of benzene rings is 3. The number of hydrogen-bond donors (Lipinski definition) is 1. The van der Waals surface area contributed by atoms with Crippen molar-refractivity contribution in [3.63, 3.8) is 0 Å². The standard InChI is InChI=1S/C25H19BrClN3O3S/c26-24-28-29-25(34-13-17(31)11-15-7-8-16(23(32)33)12-21(15)27)30(24)22-10-9-18(14-5-6-14)19-3-1-2-4-20(19)22/h1-4,7-10,12,14H,5-6,11,13H2,(H,32,33). The number of carbonyl (C=O) groups excluding carboxylic acids is 1. The second kappa shape index (κ2) is 9.52. The van der Waals surface area contributed by atoms with Crippen molar-refractivity contribution in [2.45, 2.75) is 30.3 Å². The van der Waals surface area contributed by atoms with Crippen LogP contribution in [0.4, 0.5) is 0 Å². The van der Waals surface area contributed by atoms with Crippen LogP contribution in [0.2, 0.25) is 5.02 Å². The third kappa shape index (κ3) is 4.62. The first-order valence-corrected chi connectivity index (χ1v) is 12.9. The third-order valence-electron chi connectivity index (χ3n) is 5.84. The van der Waals surface area contributed by atoms with Crippen molar-refractivity contribution in [3.8, 4) is 5.69 Å². The van der Waals surface area contributed by atoms with Crippen molar-refractivity contribution < 1.29 is 14.7 Å². The fraction of sp³-hybridized carbons (Fsp3) is 0.200. The number of hydrogen-bond acceptors (Lipinski definition) is 5. The van der Waals surface area contributed by atoms with E-state index >= 15 is 0 Å². The van der Waals surface area contributed by atoms with Gasteiger partial charge in [0, 0.05) is 16.8 Å². The third-order valence-corrected chi connectivity index (χ3v) is 7.69. The van der Waals surface area contributed by atoms with Crippen LogP contribution < -0.4 is 0 Å². The van der Waals surface area contributed by atoms with Gasteiger partial charge in [-0.15, -0.1) is 10.2 Å². The normalized spacial score (nSPS) is 13.4. The molecule has 0 atom stereocenters. The number of thioether (sulfide) groups is 1. The van der Waals surface area contributed by atoms with Gasteiger partial charge in [-0.05, 0) is 69.4 Å². The van der Waals surface area contributed by atoms with Crippen LogP contribution in [0.5, 0.6) is 0 Å². The molecule has 1 saturated carbocycles. The first-order valence-electron chi connectivity index (χ1n) is 10.7. The van der Waals surface area contributed by atoms with Crippen molar-refractivity contribution in [2.24, 2.45) is 0 Å². The summed E-state index contributed by atoms with van der Waals surface area (Å²) in [7, 11) is 0. The van der Waals surface area contributed by atoms with E-state index in [9.17, 15) is 9.59 Å². The lowest BCUT2D eigenvalue weighted by Crippen LogP contribution is -2.08. The van der Waals surface area contributed by atoms with E-state index in [1.54, 1.807) is 6.07 Å². The Labute approximate surface area is 213 Å². The van der Waals surface area contributed by atoms with Gasteiger partial charge < -0.3 is 5.11 Å². The van der Waals surface area contributed by atoms with Crippen molar-refractivity contribution in [1.82, 2.24) is 14.8 Å². The Balaban J connectivity index is 1.37. The Morgan fingerprint density at radius 1 is 1.09 bits per heavy atom. The van der Waals surface area contributed by atoms with Gasteiger partial charge in [-0.3, -0.25) is 9.36 Å². The number of carbonyl (C=O) groups is 2. The Morgan fingerprint density at radius 3 is 2.56 bits per heavy atom. The highest BCUT2D eigenvalue weighted by Gasteiger charge is 2.26. The number of Topliss-reactive ketones (excluding diaryl/α,β-unsaturated/α-hetero) is 1. The van der Waals surface area contributed by atoms with Crippen LogP contribution >= 0.6 is 39.3 Å². The van der Waals surface area contributed by atoms with E-state index in [1.807, 2.05) is 10.6 Å². The zero-order chi connectivity index (χ0) is 23.8. The average molecular weight is 557 g/mol. The van der Waals surface area contributed by atoms with E-state index in [0.29, 0.717) is 21.4 Å². The van der Waals surface area contributed by atoms with Gasteiger partial charge in [0.1, 0.15) is 5.78 Å². The van der Waals surface area contributed by atoms with Crippen LogP contribution in [0.25, 0.3) is 16.5 Å². The second-order valence-electron chi connectivity index (χ2n) is 8.20. The van der Waals surface area contributed by atoms with Gasteiger partial charge in [0.2, 0.25) is 4.73 Å². The lowest BCUT2D eigenvalue weighted by atomic mass is 9.99. The minimum atomic E-state index is -1.06. The molecule has 172 valence electrons. The maximum absolute atomic E-state index is 12.7. The van der Waals surface area contributed by atoms with Crippen molar-refractivity contribution in [1.29, 1.82) is 0 Å². The molecular weight excluding hydrogens is 538 g/mol. The van der Waals surface area contributed by atoms with Gasteiger partial charge in [0.15, 0.2) is 5.16 Å². The lowest BCUT2D eigenvalue weighted by Gasteiger charge is -2.14. The first kappa shape index (κ1) is 23.1. The molecule has 6 nitrogen and oxygen atoms in total. The van der Waals surface area contributed by atoms with E-state index in [4.69, 9.17) is 16.7 Å². The summed E-state index contributed by atoms with van der Waals surface area (Å²) in [6.45, 7) is 0. The summed E-state index contributed by atoms with van der Waals surface area (Å²) < 4.78 is 2.49. The van der Waals surface area contributed by atoms with Crippen molar-refractivity contribution in [3.05, 3.63) is 81.0 Å². The van der Waals surface area contributed by atoms with Crippen LogP contribution in [-0.4, -0.2) is 37.4 Å². The lowest BCUT2D eigenvalue weighted by molar-refractivity contribution is -0.116. The molecule has 0 radical (unpaired) electrons. The van der Waals surface area contributed by atoms with E-state index in [-0.39, 0.29) is 28.5 Å². The number of fused-ring (bicyclic) bond motifs is 1. The number of halogens is 2. The summed E-state index contributed by atoms with van der Waals surface area (Å²) in [6.07, 6.45) is 2.57. The molecule has 9 heteroatoms. The van der Waals surface area contributed by atoms with Crippen LogP contribution in [-0.2, 0) is 11.2 Å². The van der Waals surface area contributed by atoms with Gasteiger partial charge in [-0.1, -0.05) is 59.8 Å². The number of ketones is 1. The van der Waals surface area contributed by atoms with E-state index in [1.165, 1.54) is 47.7 Å². The maximum Gasteiger partial charge on any atom is 0.335 e. The molecule has 1 heterocycles. The predicted octanol–water partition coefficient (Wildman–Crippen LogP) is 6.32. The molecule has 34 heavy (non-hydrogen) atoms. The van der Waals surface area contributed by atoms with Crippen LogP contribution in [0, 0.1) is 0 Å². The summed E-state index contributed by atoms with van der Waals surface area (Å²) in [5.41, 5.74) is 3.02. The summed E-state index contributed by atoms with van der Waals surface area (Å²) in [5, 5.41) is 20.8. The molecule has 0 amide bonds. The number of carboxylic acids is 1. The number of carboxylic acid groups (broad SMARTS) is 1. The molecular formula is C25H19BrClN3O3S. The molecule has 0 unspecified atom stereocenters. The van der Waals surface area contributed by atoms with Crippen LogP contribution in [0.1, 0.15) is 40.2 Å². The summed E-state index contributed by atoms with van der Waals surface area (Å²) in [6, 6.07) is 17.0. The molecule has 1 N–H and O–H groups in total. The zero-order valence-corrected chi connectivity index (χ0v) is 21.0. The zero-order valence-electron chi connectivity index (χ0n) is 17.9. The van der Waals surface area contributed by atoms with Gasteiger partial charge in [0.05, 0.1) is 17.0 Å². The molecule has 0 aliphatic heterocycles. The fourth-order valence-electron chi connectivity index (χ4n) is 4.03. The fourth-order valence-corrected chi connectivity index (χ4v) is 5.64. The van der Waals surface area contributed by atoms with Gasteiger partial charge in [-0.25, -0.2) is 4.79 Å². The molecule has 1 aromatic heterocycles. The van der Waals surface area contributed by atoms with Crippen LogP contribution in [0.15, 0.2) is 64.5 Å². The predicted molar refractivity (Wildman–Crippen MR) is 136 cm³/mol. The van der Waals surface area contributed by atoms with Gasteiger partial charge >= 0.3 is 5.97 Å². The molecule has 3 aromatic carbocycles. The minimum Gasteiger partial charge on any atom is -0.478 e. The molecule has 0 spiro atoms. The Bertz CT molecular complexity index is 1430. The average Bonchev–Trinajstić information content (AvgIpc) is 3.61. The van der Waals surface area contributed by atoms with Gasteiger partial charge in [-0.2, -0.15) is 0 Å². The SMILES string of the molecule is O=C(CSc1nnc(Br)n1-c1ccc(C2CC2)c2ccccc12)Cc1ccc(C(=O)O)cc1Cl. The molecule has 4 aromatic rings. The van der Waals surface area contributed by atoms with Crippen molar-refractivity contribution in [2.75, 3.05) is 5.75 Å². The highest BCUT2D eigenvalue weighted by molar-refractivity contribution is 9.10. The van der Waals surface area contributed by atoms with E-state index in [2.05, 4.69) is 56.5 Å². The second-order valence-corrected chi connectivity index (χ2v) is 10.3. The Hall–Kier alpha value is -2.68. The first-order chi connectivity index (χ1) is 16.4. The summed E-state index contributed by atoms with van der Waals surface area (Å²) >= 11 is 11.0. The quantitative estimate of drug-likeness (QED) is 0.256. The van der Waals surface area contributed by atoms with Crippen LogP contribution in [0.3, 0.4) is 0 Å². The topological polar surface area (TPSA) is 85.1 Å². The van der Waals surface area contributed by atoms with Gasteiger partial charge in [0.25, 0.3) is 0 Å². The summed E-state index contributed by atoms with van der Waals surface area (Å²) in [5.74, 6) is -0.293. The number of aromatic nitrogens is 3. The molecule has 1 aliphatic rings. The highest BCUT2D eigenvalue weighted by Crippen LogP contribution is 2.44. The number of rotatable bonds is 8. The molecule has 5 rings (SSSR count). The smallest absolute Gasteiger partial charge is 0.335 e. The molecule has 1 fully saturated rings.